The van der Waals surface area contributed by atoms with E-state index in [2.05, 4.69) is 16.0 Å². The number of carboxylic acid groups (broad SMARTS) is 1. The predicted molar refractivity (Wildman–Crippen MR) is 97.4 cm³/mol. The molecule has 4 amide bonds. The summed E-state index contributed by atoms with van der Waals surface area (Å²) in [5.41, 5.74) is 10.5. The summed E-state index contributed by atoms with van der Waals surface area (Å²) in [6, 6.07) is -5.17. The second-order valence-electron chi connectivity index (χ2n) is 6.82. The summed E-state index contributed by atoms with van der Waals surface area (Å²) >= 11 is 0. The molecule has 0 aromatic carbocycles. The van der Waals surface area contributed by atoms with Crippen molar-refractivity contribution in [2.24, 2.45) is 17.4 Å². The zero-order valence-corrected chi connectivity index (χ0v) is 16.3. The minimum Gasteiger partial charge on any atom is -0.480 e. The Hall–Kier alpha value is -2.73. The monoisotopic (exact) mass is 403 g/mol. The van der Waals surface area contributed by atoms with E-state index >= 15 is 0 Å². The largest absolute Gasteiger partial charge is 0.480 e. The average molecular weight is 403 g/mol. The average Bonchev–Trinajstić information content (AvgIpc) is 2.54. The molecule has 0 spiro atoms. The van der Waals surface area contributed by atoms with E-state index in [1.807, 2.05) is 0 Å². The first kappa shape index (κ1) is 25.3. The highest BCUT2D eigenvalue weighted by molar-refractivity contribution is 5.96. The highest BCUT2D eigenvalue weighted by atomic mass is 16.4. The lowest BCUT2D eigenvalue weighted by Crippen LogP contribution is -2.60. The van der Waals surface area contributed by atoms with Crippen molar-refractivity contribution >= 4 is 29.6 Å². The SMILES string of the molecule is CC(N)C(=O)NC(CC(N)=O)C(=O)NC(C(=O)NC(C(=O)O)C(C)C)C(C)O. The Morgan fingerprint density at radius 3 is 1.71 bits per heavy atom. The number of primary amides is 1. The summed E-state index contributed by atoms with van der Waals surface area (Å²) in [5, 5.41) is 25.6. The van der Waals surface area contributed by atoms with Gasteiger partial charge in [-0.3, -0.25) is 19.2 Å². The van der Waals surface area contributed by atoms with Crippen molar-refractivity contribution < 1.29 is 34.2 Å². The molecule has 12 nitrogen and oxygen atoms in total. The van der Waals surface area contributed by atoms with Crippen LogP contribution in [0.4, 0.5) is 0 Å². The number of aliphatic carboxylic acids is 1. The maximum atomic E-state index is 12.4. The number of aliphatic hydroxyl groups excluding tert-OH is 1. The Morgan fingerprint density at radius 2 is 1.36 bits per heavy atom. The van der Waals surface area contributed by atoms with Gasteiger partial charge in [0, 0.05) is 0 Å². The van der Waals surface area contributed by atoms with Crippen LogP contribution in [0.25, 0.3) is 0 Å². The summed E-state index contributed by atoms with van der Waals surface area (Å²) in [6.45, 7) is 5.71. The molecule has 0 aromatic rings. The number of hydrogen-bond acceptors (Lipinski definition) is 7. The number of carbonyl (C=O) groups excluding carboxylic acids is 4. The van der Waals surface area contributed by atoms with Crippen LogP contribution in [0, 0.1) is 5.92 Å². The van der Waals surface area contributed by atoms with Crippen LogP contribution in [0.15, 0.2) is 0 Å². The fourth-order valence-corrected chi connectivity index (χ4v) is 2.13. The van der Waals surface area contributed by atoms with Crippen LogP contribution in [-0.4, -0.2) is 70.1 Å². The number of hydrogen-bond donors (Lipinski definition) is 7. The van der Waals surface area contributed by atoms with Gasteiger partial charge in [0.15, 0.2) is 0 Å². The zero-order valence-electron chi connectivity index (χ0n) is 16.3. The lowest BCUT2D eigenvalue weighted by molar-refractivity contribution is -0.144. The van der Waals surface area contributed by atoms with Gasteiger partial charge in [-0.15, -0.1) is 0 Å². The van der Waals surface area contributed by atoms with E-state index in [0.29, 0.717) is 0 Å². The second-order valence-corrected chi connectivity index (χ2v) is 6.82. The molecule has 0 aliphatic carbocycles. The molecule has 5 unspecified atom stereocenters. The number of rotatable bonds is 11. The Bertz CT molecular complexity index is 606. The summed E-state index contributed by atoms with van der Waals surface area (Å²) in [7, 11) is 0. The molecular weight excluding hydrogens is 374 g/mol. The van der Waals surface area contributed by atoms with Crippen molar-refractivity contribution in [2.75, 3.05) is 0 Å². The van der Waals surface area contributed by atoms with Gasteiger partial charge in [-0.2, -0.15) is 0 Å². The molecule has 0 aromatic heterocycles. The number of amides is 4. The van der Waals surface area contributed by atoms with Gasteiger partial charge in [0.05, 0.1) is 18.6 Å². The van der Waals surface area contributed by atoms with E-state index in [1.165, 1.54) is 13.8 Å². The summed E-state index contributed by atoms with van der Waals surface area (Å²) in [5.74, 6) is -5.28. The van der Waals surface area contributed by atoms with E-state index in [4.69, 9.17) is 16.6 Å². The lowest BCUT2D eigenvalue weighted by atomic mass is 10.0. The van der Waals surface area contributed by atoms with E-state index in [1.54, 1.807) is 13.8 Å². The molecule has 5 atom stereocenters. The van der Waals surface area contributed by atoms with Gasteiger partial charge in [-0.25, -0.2) is 4.79 Å². The molecule has 0 bridgehead atoms. The van der Waals surface area contributed by atoms with Crippen LogP contribution in [0.3, 0.4) is 0 Å². The Balaban J connectivity index is 5.37. The van der Waals surface area contributed by atoms with E-state index < -0.39 is 72.2 Å². The maximum absolute atomic E-state index is 12.4. The predicted octanol–water partition coefficient (Wildman–Crippen LogP) is -3.22. The molecule has 0 saturated carbocycles. The first-order valence-corrected chi connectivity index (χ1v) is 8.63. The highest BCUT2D eigenvalue weighted by Gasteiger charge is 2.33. The third-order valence-corrected chi connectivity index (χ3v) is 3.74. The smallest absolute Gasteiger partial charge is 0.326 e. The van der Waals surface area contributed by atoms with Crippen LogP contribution in [-0.2, 0) is 24.0 Å². The van der Waals surface area contributed by atoms with Crippen LogP contribution in [0.1, 0.15) is 34.1 Å². The molecule has 0 aliphatic rings. The topological polar surface area (TPSA) is 214 Å². The minimum absolute atomic E-state index is 0.459. The van der Waals surface area contributed by atoms with Crippen LogP contribution < -0.4 is 27.4 Å². The van der Waals surface area contributed by atoms with E-state index in [-0.39, 0.29) is 0 Å². The molecule has 160 valence electrons. The maximum Gasteiger partial charge on any atom is 0.326 e. The van der Waals surface area contributed by atoms with Crippen molar-refractivity contribution in [2.45, 2.75) is 64.4 Å². The first-order valence-electron chi connectivity index (χ1n) is 8.63. The second kappa shape index (κ2) is 11.2. The van der Waals surface area contributed by atoms with Crippen LogP contribution in [0.2, 0.25) is 0 Å². The number of nitrogens with two attached hydrogens (primary N) is 2. The number of carbonyl (C=O) groups is 5. The third-order valence-electron chi connectivity index (χ3n) is 3.74. The fourth-order valence-electron chi connectivity index (χ4n) is 2.13. The van der Waals surface area contributed by atoms with E-state index in [9.17, 15) is 29.1 Å². The Labute approximate surface area is 162 Å². The van der Waals surface area contributed by atoms with Crippen molar-refractivity contribution in [3.63, 3.8) is 0 Å². The number of aliphatic hydroxyl groups is 1. The van der Waals surface area contributed by atoms with Gasteiger partial charge in [0.25, 0.3) is 0 Å². The van der Waals surface area contributed by atoms with Gasteiger partial charge in [-0.05, 0) is 19.8 Å². The quantitative estimate of drug-likeness (QED) is 0.186. The molecule has 0 rings (SSSR count). The fraction of sp³-hybridized carbons (Fsp3) is 0.688. The van der Waals surface area contributed by atoms with Crippen molar-refractivity contribution in [3.05, 3.63) is 0 Å². The van der Waals surface area contributed by atoms with Gasteiger partial charge in [-0.1, -0.05) is 13.8 Å². The molecule has 9 N–H and O–H groups in total. The molecule has 12 heteroatoms. The van der Waals surface area contributed by atoms with Crippen LogP contribution >= 0.6 is 0 Å². The molecule has 0 heterocycles. The van der Waals surface area contributed by atoms with Gasteiger partial charge < -0.3 is 37.6 Å². The Morgan fingerprint density at radius 1 is 0.857 bits per heavy atom. The molecule has 0 radical (unpaired) electrons. The number of carboxylic acids is 1. The Kier molecular flexibility index (Phi) is 10.1. The summed E-state index contributed by atoms with van der Waals surface area (Å²) in [6.07, 6.45) is -1.97. The van der Waals surface area contributed by atoms with Crippen molar-refractivity contribution in [1.82, 2.24) is 16.0 Å². The van der Waals surface area contributed by atoms with Gasteiger partial charge in [0.1, 0.15) is 18.1 Å². The lowest BCUT2D eigenvalue weighted by Gasteiger charge is -2.26. The van der Waals surface area contributed by atoms with Crippen molar-refractivity contribution in [3.8, 4) is 0 Å². The normalized spacial score (nSPS) is 16.2. The van der Waals surface area contributed by atoms with Gasteiger partial charge in [0.2, 0.25) is 23.6 Å². The van der Waals surface area contributed by atoms with Crippen molar-refractivity contribution in [1.29, 1.82) is 0 Å². The minimum atomic E-state index is -1.53. The van der Waals surface area contributed by atoms with Gasteiger partial charge >= 0.3 is 5.97 Å². The summed E-state index contributed by atoms with van der Waals surface area (Å²) < 4.78 is 0. The molecular formula is C16H29N5O7. The van der Waals surface area contributed by atoms with Crippen LogP contribution in [0.5, 0.6) is 0 Å². The highest BCUT2D eigenvalue weighted by Crippen LogP contribution is 2.04. The molecule has 28 heavy (non-hydrogen) atoms. The zero-order chi connectivity index (χ0) is 22.2. The number of nitrogens with one attached hydrogen (secondary N) is 3. The molecule has 0 saturated heterocycles. The molecule has 0 aliphatic heterocycles. The standard InChI is InChI=1S/C16H29N5O7/c1-6(2)11(16(27)28)20-15(26)12(8(4)22)21-14(25)9(5-10(18)23)19-13(24)7(3)17/h6-9,11-12,22H,5,17H2,1-4H3,(H2,18,23)(H,19,24)(H,20,26)(H,21,25)(H,27,28). The first-order chi connectivity index (χ1) is 12.8. The third kappa shape index (κ3) is 8.31. The van der Waals surface area contributed by atoms with E-state index in [0.717, 1.165) is 0 Å². The molecule has 0 fully saturated rings. The summed E-state index contributed by atoms with van der Waals surface area (Å²) in [4.78, 5) is 58.9.